The summed E-state index contributed by atoms with van der Waals surface area (Å²) in [5.41, 5.74) is 0. The predicted molar refractivity (Wildman–Crippen MR) is 33.1 cm³/mol. The van der Waals surface area contributed by atoms with E-state index in [-0.39, 0.29) is 6.61 Å². The van der Waals surface area contributed by atoms with Crippen LogP contribution < -0.4 is 5.32 Å². The lowest BCUT2D eigenvalue weighted by atomic mass is 10.6. The molecule has 1 aromatic heterocycles. The van der Waals surface area contributed by atoms with E-state index in [0.29, 0.717) is 18.9 Å². The van der Waals surface area contributed by atoms with E-state index in [1.807, 2.05) is 0 Å². The Morgan fingerprint density at radius 2 is 2.60 bits per heavy atom. The quantitative estimate of drug-likeness (QED) is 0.537. The van der Waals surface area contributed by atoms with Gasteiger partial charge in [-0.1, -0.05) is 5.16 Å². The van der Waals surface area contributed by atoms with Gasteiger partial charge in [0.25, 0.3) is 0 Å². The molecule has 0 fully saturated rings. The molecule has 0 unspecified atom stereocenters. The summed E-state index contributed by atoms with van der Waals surface area (Å²) in [4.78, 5) is 3.77. The van der Waals surface area contributed by atoms with Gasteiger partial charge in [-0.15, -0.1) is 0 Å². The van der Waals surface area contributed by atoms with E-state index in [0.717, 1.165) is 0 Å². The summed E-state index contributed by atoms with van der Waals surface area (Å²) in [6.07, 6.45) is 1.27. The highest BCUT2D eigenvalue weighted by Gasteiger charge is 1.94. The summed E-state index contributed by atoms with van der Waals surface area (Å²) >= 11 is 0. The van der Waals surface area contributed by atoms with Crippen molar-refractivity contribution < 1.29 is 9.63 Å². The zero-order chi connectivity index (χ0) is 7.23. The molecule has 0 atom stereocenters. The van der Waals surface area contributed by atoms with Gasteiger partial charge < -0.3 is 14.9 Å². The minimum atomic E-state index is 0.123. The van der Waals surface area contributed by atoms with Crippen molar-refractivity contribution in [1.82, 2.24) is 15.5 Å². The van der Waals surface area contributed by atoms with Crippen molar-refractivity contribution >= 4 is 0 Å². The van der Waals surface area contributed by atoms with Gasteiger partial charge in [0.1, 0.15) is 0 Å². The first kappa shape index (κ1) is 7.17. The van der Waals surface area contributed by atoms with Crippen LogP contribution in [0.15, 0.2) is 10.9 Å². The number of nitrogens with zero attached hydrogens (tertiary/aromatic N) is 2. The average Bonchev–Trinajstić information content (AvgIpc) is 2.41. The Kier molecular flexibility index (Phi) is 2.85. The summed E-state index contributed by atoms with van der Waals surface area (Å²) < 4.78 is 4.48. The van der Waals surface area contributed by atoms with Gasteiger partial charge in [0, 0.05) is 6.54 Å². The van der Waals surface area contributed by atoms with Crippen molar-refractivity contribution in [3.8, 4) is 0 Å². The second kappa shape index (κ2) is 3.97. The summed E-state index contributed by atoms with van der Waals surface area (Å²) in [6.45, 7) is 1.21. The van der Waals surface area contributed by atoms with E-state index in [1.165, 1.54) is 6.39 Å². The Labute approximate surface area is 58.1 Å². The lowest BCUT2D eigenvalue weighted by Crippen LogP contribution is -2.18. The van der Waals surface area contributed by atoms with Gasteiger partial charge in [-0.05, 0) is 0 Å². The fourth-order valence-corrected chi connectivity index (χ4v) is 0.550. The van der Waals surface area contributed by atoms with Gasteiger partial charge in [0.05, 0.1) is 13.2 Å². The molecule has 10 heavy (non-hydrogen) atoms. The SMILES string of the molecule is OCCNCc1ncon1. The number of nitrogens with one attached hydrogen (secondary N) is 1. The van der Waals surface area contributed by atoms with Crippen molar-refractivity contribution in [2.24, 2.45) is 0 Å². The van der Waals surface area contributed by atoms with Crippen LogP contribution in [-0.4, -0.2) is 28.4 Å². The third kappa shape index (κ3) is 2.12. The van der Waals surface area contributed by atoms with Gasteiger partial charge in [-0.2, -0.15) is 4.98 Å². The van der Waals surface area contributed by atoms with E-state index in [4.69, 9.17) is 5.11 Å². The fourth-order valence-electron chi connectivity index (χ4n) is 0.550. The van der Waals surface area contributed by atoms with Crippen LogP contribution in [-0.2, 0) is 6.54 Å². The lowest BCUT2D eigenvalue weighted by Gasteiger charge is -1.94. The van der Waals surface area contributed by atoms with E-state index >= 15 is 0 Å². The van der Waals surface area contributed by atoms with Gasteiger partial charge in [0.15, 0.2) is 5.82 Å². The minimum absolute atomic E-state index is 0.123. The van der Waals surface area contributed by atoms with Crippen molar-refractivity contribution in [2.45, 2.75) is 6.54 Å². The second-order valence-corrected chi connectivity index (χ2v) is 1.75. The van der Waals surface area contributed by atoms with Crippen molar-refractivity contribution in [3.63, 3.8) is 0 Å². The molecule has 1 aromatic rings. The number of rotatable bonds is 4. The first-order valence-corrected chi connectivity index (χ1v) is 3.00. The second-order valence-electron chi connectivity index (χ2n) is 1.75. The normalized spacial score (nSPS) is 10.1. The summed E-state index contributed by atoms with van der Waals surface area (Å²) in [5.74, 6) is 0.605. The molecule has 1 heterocycles. The molecule has 2 N–H and O–H groups in total. The molecule has 1 rings (SSSR count). The van der Waals surface area contributed by atoms with E-state index < -0.39 is 0 Å². The van der Waals surface area contributed by atoms with Crippen LogP contribution in [0, 0.1) is 0 Å². The van der Waals surface area contributed by atoms with Crippen LogP contribution in [0.25, 0.3) is 0 Å². The highest BCUT2D eigenvalue weighted by molar-refractivity contribution is 4.75. The molecule has 0 saturated heterocycles. The number of hydrogen-bond acceptors (Lipinski definition) is 5. The molecule has 56 valence electrons. The monoisotopic (exact) mass is 143 g/mol. The van der Waals surface area contributed by atoms with Crippen LogP contribution in [0.1, 0.15) is 5.82 Å². The maximum atomic E-state index is 8.37. The molecule has 0 amide bonds. The van der Waals surface area contributed by atoms with Crippen LogP contribution in [0.4, 0.5) is 0 Å². The van der Waals surface area contributed by atoms with E-state index in [1.54, 1.807) is 0 Å². The first-order valence-electron chi connectivity index (χ1n) is 3.00. The first-order chi connectivity index (χ1) is 4.93. The molecule has 0 aliphatic rings. The van der Waals surface area contributed by atoms with E-state index in [9.17, 15) is 0 Å². The minimum Gasteiger partial charge on any atom is -0.395 e. The Hall–Kier alpha value is -0.940. The average molecular weight is 143 g/mol. The predicted octanol–water partition coefficient (Wildman–Crippen LogP) is -0.849. The molecule has 0 radical (unpaired) electrons. The largest absolute Gasteiger partial charge is 0.395 e. The molecule has 0 aromatic carbocycles. The molecule has 0 spiro atoms. The van der Waals surface area contributed by atoms with Gasteiger partial charge >= 0.3 is 0 Å². The van der Waals surface area contributed by atoms with Crippen molar-refractivity contribution in [1.29, 1.82) is 0 Å². The zero-order valence-corrected chi connectivity index (χ0v) is 5.45. The van der Waals surface area contributed by atoms with Crippen LogP contribution in [0.3, 0.4) is 0 Å². The zero-order valence-electron chi connectivity index (χ0n) is 5.45. The smallest absolute Gasteiger partial charge is 0.213 e. The topological polar surface area (TPSA) is 71.2 Å². The fraction of sp³-hybridized carbons (Fsp3) is 0.600. The Bertz CT molecular complexity index is 163. The Morgan fingerprint density at radius 1 is 1.70 bits per heavy atom. The molecule has 5 heteroatoms. The maximum absolute atomic E-state index is 8.37. The summed E-state index contributed by atoms with van der Waals surface area (Å²) in [7, 11) is 0. The van der Waals surface area contributed by atoms with Crippen LogP contribution in [0.2, 0.25) is 0 Å². The van der Waals surface area contributed by atoms with Crippen molar-refractivity contribution in [2.75, 3.05) is 13.2 Å². The molecular weight excluding hydrogens is 134 g/mol. The van der Waals surface area contributed by atoms with E-state index in [2.05, 4.69) is 20.0 Å². The third-order valence-electron chi connectivity index (χ3n) is 0.979. The maximum Gasteiger partial charge on any atom is 0.213 e. The van der Waals surface area contributed by atoms with Gasteiger partial charge in [0.2, 0.25) is 6.39 Å². The number of aliphatic hydroxyl groups is 1. The molecule has 0 aliphatic heterocycles. The highest BCUT2D eigenvalue weighted by atomic mass is 16.5. The Morgan fingerprint density at radius 3 is 3.20 bits per heavy atom. The summed E-state index contributed by atoms with van der Waals surface area (Å²) in [6, 6.07) is 0. The van der Waals surface area contributed by atoms with Crippen LogP contribution in [0.5, 0.6) is 0 Å². The molecule has 0 bridgehead atoms. The van der Waals surface area contributed by atoms with Gasteiger partial charge in [-0.25, -0.2) is 0 Å². The number of hydrogen-bond donors (Lipinski definition) is 2. The van der Waals surface area contributed by atoms with Crippen molar-refractivity contribution in [3.05, 3.63) is 12.2 Å². The standard InChI is InChI=1S/C5H9N3O2/c9-2-1-6-3-5-7-4-10-8-5/h4,6,9H,1-3H2. The highest BCUT2D eigenvalue weighted by Crippen LogP contribution is 1.84. The molecule has 0 saturated carbocycles. The molecule has 5 nitrogen and oxygen atoms in total. The lowest BCUT2D eigenvalue weighted by molar-refractivity contribution is 0.291. The van der Waals surface area contributed by atoms with Crippen LogP contribution >= 0.6 is 0 Å². The number of aliphatic hydroxyl groups excluding tert-OH is 1. The Balaban J connectivity index is 2.15. The summed E-state index contributed by atoms with van der Waals surface area (Å²) in [5, 5.41) is 14.8. The third-order valence-corrected chi connectivity index (χ3v) is 0.979. The van der Waals surface area contributed by atoms with Gasteiger partial charge in [-0.3, -0.25) is 0 Å². The molecule has 0 aliphatic carbocycles. The number of aromatic nitrogens is 2. The molecular formula is C5H9N3O2.